The lowest BCUT2D eigenvalue weighted by Gasteiger charge is -2.34. The first kappa shape index (κ1) is 39.4. The molecule has 0 amide bonds. The molecule has 0 N–H and O–H groups in total. The molecular weight excluding hydrogens is 811 g/mol. The monoisotopic (exact) mass is 859 g/mol. The van der Waals surface area contributed by atoms with E-state index in [1.54, 1.807) is 0 Å². The third kappa shape index (κ3) is 6.24. The molecule has 2 heteroatoms. The zero-order valence-electron chi connectivity index (χ0n) is 37.4. The van der Waals surface area contributed by atoms with Crippen molar-refractivity contribution in [2.75, 3.05) is 4.90 Å². The number of fused-ring (bicyclic) bond motifs is 7. The molecule has 2 aliphatic carbocycles. The summed E-state index contributed by atoms with van der Waals surface area (Å²) in [7, 11) is 0. The van der Waals surface area contributed by atoms with Gasteiger partial charge >= 0.3 is 0 Å². The molecule has 67 heavy (non-hydrogen) atoms. The first-order chi connectivity index (χ1) is 33.3. The maximum absolute atomic E-state index is 6.68. The van der Waals surface area contributed by atoms with Crippen molar-refractivity contribution in [3.8, 4) is 33.4 Å². The van der Waals surface area contributed by atoms with Crippen molar-refractivity contribution < 1.29 is 4.42 Å². The summed E-state index contributed by atoms with van der Waals surface area (Å²) in [6, 6.07) is 85.5. The van der Waals surface area contributed by atoms with Crippen LogP contribution in [0, 0.1) is 0 Å². The van der Waals surface area contributed by atoms with Crippen molar-refractivity contribution in [3.05, 3.63) is 258 Å². The smallest absolute Gasteiger partial charge is 0.143 e. The SMILES string of the molecule is c1ccc(C2(c3ccccc3)c3ccccc3-c3c(N(c4cccc(-c5cccc6c5oc5ccccc56)c4)c4ccccc4-c4cccc5cccc(C6CCCCC6)c45)cccc32)cc1. The highest BCUT2D eigenvalue weighted by molar-refractivity contribution is 6.10. The van der Waals surface area contributed by atoms with Gasteiger partial charge in [0.25, 0.3) is 0 Å². The lowest BCUT2D eigenvalue weighted by molar-refractivity contribution is 0.445. The Morgan fingerprint density at radius 3 is 1.85 bits per heavy atom. The van der Waals surface area contributed by atoms with E-state index in [0.29, 0.717) is 5.92 Å². The van der Waals surface area contributed by atoms with Crippen LogP contribution in [-0.4, -0.2) is 0 Å². The number of para-hydroxylation sites is 3. The van der Waals surface area contributed by atoms with Crippen LogP contribution in [-0.2, 0) is 5.41 Å². The van der Waals surface area contributed by atoms with Crippen LogP contribution in [0.25, 0.3) is 66.1 Å². The molecule has 0 bridgehead atoms. The van der Waals surface area contributed by atoms with Crippen LogP contribution in [0.5, 0.6) is 0 Å². The summed E-state index contributed by atoms with van der Waals surface area (Å²) < 4.78 is 6.68. The molecule has 2 aliphatic rings. The molecule has 0 unspecified atom stereocenters. The van der Waals surface area contributed by atoms with Gasteiger partial charge in [0.2, 0.25) is 0 Å². The van der Waals surface area contributed by atoms with Crippen molar-refractivity contribution in [3.63, 3.8) is 0 Å². The van der Waals surface area contributed by atoms with Crippen molar-refractivity contribution in [2.24, 2.45) is 0 Å². The van der Waals surface area contributed by atoms with Crippen molar-refractivity contribution in [2.45, 2.75) is 43.4 Å². The van der Waals surface area contributed by atoms with Crippen molar-refractivity contribution in [1.82, 2.24) is 0 Å². The Kier molecular flexibility index (Phi) is 9.53. The normalized spacial score (nSPS) is 14.3. The first-order valence-electron chi connectivity index (χ1n) is 24.0. The number of furan rings is 1. The minimum absolute atomic E-state index is 0.543. The third-order valence-corrected chi connectivity index (χ3v) is 14.9. The van der Waals surface area contributed by atoms with Gasteiger partial charge in [0.05, 0.1) is 16.8 Å². The van der Waals surface area contributed by atoms with Crippen LogP contribution in [0.1, 0.15) is 65.8 Å². The minimum atomic E-state index is -0.543. The second-order valence-corrected chi connectivity index (χ2v) is 18.5. The molecule has 1 saturated carbocycles. The molecule has 0 atom stereocenters. The number of nitrogens with zero attached hydrogens (tertiary/aromatic N) is 1. The Labute approximate surface area is 392 Å². The Morgan fingerprint density at radius 1 is 0.433 bits per heavy atom. The highest BCUT2D eigenvalue weighted by atomic mass is 16.3. The first-order valence-corrected chi connectivity index (χ1v) is 24.0. The number of anilines is 3. The van der Waals surface area contributed by atoms with Gasteiger partial charge in [0.1, 0.15) is 11.2 Å². The van der Waals surface area contributed by atoms with Gasteiger partial charge < -0.3 is 9.32 Å². The predicted octanol–water partition coefficient (Wildman–Crippen LogP) is 18.0. The maximum atomic E-state index is 6.68. The fourth-order valence-corrected chi connectivity index (χ4v) is 12.1. The summed E-state index contributed by atoms with van der Waals surface area (Å²) in [6.07, 6.45) is 6.40. The van der Waals surface area contributed by atoms with Crippen LogP contribution in [0.4, 0.5) is 17.1 Å². The Hall–Kier alpha value is -7.94. The van der Waals surface area contributed by atoms with Gasteiger partial charge in [0.15, 0.2) is 0 Å². The summed E-state index contributed by atoms with van der Waals surface area (Å²) in [5.74, 6) is 0.553. The van der Waals surface area contributed by atoms with E-state index in [4.69, 9.17) is 4.42 Å². The van der Waals surface area contributed by atoms with E-state index in [2.05, 4.69) is 235 Å². The molecule has 10 aromatic carbocycles. The summed E-state index contributed by atoms with van der Waals surface area (Å²) in [5, 5.41) is 4.94. The highest BCUT2D eigenvalue weighted by Gasteiger charge is 2.47. The Morgan fingerprint density at radius 2 is 1.03 bits per heavy atom. The number of hydrogen-bond acceptors (Lipinski definition) is 2. The van der Waals surface area contributed by atoms with Gasteiger partial charge in [-0.1, -0.05) is 219 Å². The molecule has 0 radical (unpaired) electrons. The second-order valence-electron chi connectivity index (χ2n) is 18.5. The maximum Gasteiger partial charge on any atom is 0.143 e. The predicted molar refractivity (Wildman–Crippen MR) is 280 cm³/mol. The summed E-state index contributed by atoms with van der Waals surface area (Å²) in [6.45, 7) is 0. The Bertz CT molecular complexity index is 3590. The quantitative estimate of drug-likeness (QED) is 0.151. The van der Waals surface area contributed by atoms with Crippen LogP contribution in [0.2, 0.25) is 0 Å². The molecule has 1 heterocycles. The lowest BCUT2D eigenvalue weighted by Crippen LogP contribution is -2.28. The summed E-state index contributed by atoms with van der Waals surface area (Å²) >= 11 is 0. The third-order valence-electron chi connectivity index (χ3n) is 14.9. The van der Waals surface area contributed by atoms with Crippen LogP contribution < -0.4 is 4.90 Å². The summed E-state index contributed by atoms with van der Waals surface area (Å²) in [5.41, 5.74) is 18.3. The van der Waals surface area contributed by atoms with E-state index in [0.717, 1.165) is 50.1 Å². The van der Waals surface area contributed by atoms with Gasteiger partial charge in [-0.2, -0.15) is 0 Å². The van der Waals surface area contributed by atoms with E-state index in [-0.39, 0.29) is 0 Å². The largest absolute Gasteiger partial charge is 0.455 e. The molecule has 0 saturated heterocycles. The fourth-order valence-electron chi connectivity index (χ4n) is 12.1. The van der Waals surface area contributed by atoms with E-state index in [1.165, 1.54) is 92.9 Å². The molecule has 320 valence electrons. The molecule has 0 spiro atoms. The van der Waals surface area contributed by atoms with Crippen LogP contribution >= 0.6 is 0 Å². The van der Waals surface area contributed by atoms with Crippen LogP contribution in [0.3, 0.4) is 0 Å². The topological polar surface area (TPSA) is 16.4 Å². The zero-order chi connectivity index (χ0) is 44.3. The average Bonchev–Trinajstić information content (AvgIpc) is 3.94. The van der Waals surface area contributed by atoms with E-state index in [9.17, 15) is 0 Å². The van der Waals surface area contributed by atoms with E-state index in [1.807, 2.05) is 0 Å². The number of benzene rings is 10. The van der Waals surface area contributed by atoms with E-state index >= 15 is 0 Å². The molecule has 11 aromatic rings. The molecule has 1 aromatic heterocycles. The lowest BCUT2D eigenvalue weighted by atomic mass is 9.68. The van der Waals surface area contributed by atoms with Gasteiger partial charge in [-0.15, -0.1) is 0 Å². The second kappa shape index (κ2) is 16.2. The van der Waals surface area contributed by atoms with Gasteiger partial charge in [-0.3, -0.25) is 0 Å². The standard InChI is InChI=1S/C65H49NO/c1-4-21-44(22-5-1)50-34-17-23-45-24-18-36-54(62(45)50)52-31-11-14-40-59(52)66(49-30-16-25-46(43-49)51-35-19-37-55-53-32-12-15-42-61(53)67-64(51)55)60-41-20-39-58-63(60)56-33-10-13-38-57(56)65(58,47-26-6-2-7-27-47)48-28-8-3-9-29-48/h2-3,6-20,23-44H,1,4-5,21-22H2. The molecule has 0 aliphatic heterocycles. The molecule has 13 rings (SSSR count). The van der Waals surface area contributed by atoms with Gasteiger partial charge in [-0.25, -0.2) is 0 Å². The zero-order valence-corrected chi connectivity index (χ0v) is 37.4. The minimum Gasteiger partial charge on any atom is -0.455 e. The highest BCUT2D eigenvalue weighted by Crippen LogP contribution is 2.60. The van der Waals surface area contributed by atoms with Gasteiger partial charge in [-0.05, 0) is 104 Å². The molecular formula is C65H49NO. The molecule has 1 fully saturated rings. The molecule has 2 nitrogen and oxygen atoms in total. The summed E-state index contributed by atoms with van der Waals surface area (Å²) in [4.78, 5) is 2.56. The van der Waals surface area contributed by atoms with Crippen LogP contribution in [0.15, 0.2) is 235 Å². The fraction of sp³-hybridized carbons (Fsp3) is 0.108. The number of rotatable bonds is 8. The number of hydrogen-bond donors (Lipinski definition) is 0. The Balaban J connectivity index is 1.10. The van der Waals surface area contributed by atoms with E-state index < -0.39 is 5.41 Å². The van der Waals surface area contributed by atoms with Crippen molar-refractivity contribution >= 4 is 49.8 Å². The average molecular weight is 860 g/mol. The van der Waals surface area contributed by atoms with Gasteiger partial charge in [0, 0.05) is 33.2 Å². The van der Waals surface area contributed by atoms with Crippen molar-refractivity contribution in [1.29, 1.82) is 0 Å².